The average molecular weight is 190 g/mol. The van der Waals surface area contributed by atoms with E-state index in [2.05, 4.69) is 24.3 Å². The zero-order chi connectivity index (χ0) is 9.97. The fourth-order valence-electron chi connectivity index (χ4n) is 1.31. The van der Waals surface area contributed by atoms with Gasteiger partial charge in [-0.05, 0) is 0 Å². The van der Waals surface area contributed by atoms with Crippen molar-refractivity contribution in [3.05, 3.63) is 35.9 Å². The van der Waals surface area contributed by atoms with E-state index in [1.54, 1.807) is 0 Å². The number of amidine groups is 1. The van der Waals surface area contributed by atoms with E-state index >= 15 is 0 Å². The van der Waals surface area contributed by atoms with Crippen LogP contribution >= 0.6 is 0 Å². The first-order chi connectivity index (χ1) is 6.77. The Hall–Kier alpha value is -1.35. The van der Waals surface area contributed by atoms with Crippen molar-refractivity contribution >= 4 is 5.84 Å². The molecular weight excluding hydrogens is 176 g/mol. The molecule has 0 saturated heterocycles. The zero-order valence-corrected chi connectivity index (χ0v) is 8.40. The van der Waals surface area contributed by atoms with Gasteiger partial charge in [0.15, 0.2) is 12.1 Å². The zero-order valence-electron chi connectivity index (χ0n) is 8.40. The first kappa shape index (κ1) is 9.21. The van der Waals surface area contributed by atoms with Crippen molar-refractivity contribution in [2.75, 3.05) is 0 Å². The Morgan fingerprint density at radius 2 is 2.00 bits per heavy atom. The van der Waals surface area contributed by atoms with Gasteiger partial charge in [-0.1, -0.05) is 44.2 Å². The summed E-state index contributed by atoms with van der Waals surface area (Å²) >= 11 is 0. The summed E-state index contributed by atoms with van der Waals surface area (Å²) in [4.78, 5) is 9.77. The van der Waals surface area contributed by atoms with Gasteiger partial charge in [-0.25, -0.2) is 15.3 Å². The number of nitrogens with zero attached hydrogens (tertiary/aromatic N) is 1. The highest BCUT2D eigenvalue weighted by molar-refractivity contribution is 5.98. The molecule has 1 aliphatic heterocycles. The van der Waals surface area contributed by atoms with Gasteiger partial charge in [0.05, 0.1) is 0 Å². The van der Waals surface area contributed by atoms with Crippen LogP contribution in [0.3, 0.4) is 0 Å². The second-order valence-electron chi connectivity index (χ2n) is 3.70. The highest BCUT2D eigenvalue weighted by Gasteiger charge is 2.21. The fourth-order valence-corrected chi connectivity index (χ4v) is 1.31. The van der Waals surface area contributed by atoms with E-state index < -0.39 is 0 Å². The molecule has 1 aromatic carbocycles. The van der Waals surface area contributed by atoms with E-state index in [4.69, 9.17) is 4.84 Å². The van der Waals surface area contributed by atoms with Crippen molar-refractivity contribution < 1.29 is 4.84 Å². The van der Waals surface area contributed by atoms with Gasteiger partial charge in [-0.15, -0.1) is 0 Å². The fraction of sp³-hybridized carbons (Fsp3) is 0.364. The number of aliphatic imine (C=N–C) groups is 1. The molecule has 1 heterocycles. The van der Waals surface area contributed by atoms with E-state index in [-0.39, 0.29) is 6.23 Å². The standard InChI is InChI=1S/C11H14N2O/c1-8(2)11-12-10(13-14-11)9-6-4-3-5-7-9/h3-8,11H,1-2H3,(H,12,13)/t11-/m0/s1. The van der Waals surface area contributed by atoms with Crippen molar-refractivity contribution in [3.63, 3.8) is 0 Å². The van der Waals surface area contributed by atoms with Crippen molar-refractivity contribution in [1.29, 1.82) is 0 Å². The summed E-state index contributed by atoms with van der Waals surface area (Å²) < 4.78 is 0. The summed E-state index contributed by atoms with van der Waals surface area (Å²) in [5.74, 6) is 1.22. The summed E-state index contributed by atoms with van der Waals surface area (Å²) in [6, 6.07) is 9.99. The van der Waals surface area contributed by atoms with E-state index in [0.717, 1.165) is 11.4 Å². The minimum absolute atomic E-state index is 0.0646. The summed E-state index contributed by atoms with van der Waals surface area (Å²) in [6.45, 7) is 4.17. The Balaban J connectivity index is 2.18. The molecule has 0 fully saturated rings. The molecule has 74 valence electrons. The lowest BCUT2D eigenvalue weighted by molar-refractivity contribution is 0.0107. The van der Waals surface area contributed by atoms with E-state index in [0.29, 0.717) is 5.92 Å². The van der Waals surface area contributed by atoms with Crippen molar-refractivity contribution in [2.45, 2.75) is 20.1 Å². The molecule has 0 unspecified atom stereocenters. The molecule has 0 bridgehead atoms. The number of hydrogen-bond donors (Lipinski definition) is 1. The number of hydroxylamine groups is 1. The summed E-state index contributed by atoms with van der Waals surface area (Å²) in [7, 11) is 0. The maximum atomic E-state index is 5.33. The molecule has 0 spiro atoms. The third-order valence-corrected chi connectivity index (χ3v) is 2.15. The molecule has 1 aromatic rings. The van der Waals surface area contributed by atoms with Crippen LogP contribution in [0.1, 0.15) is 19.4 Å². The normalized spacial score (nSPS) is 20.8. The first-order valence-corrected chi connectivity index (χ1v) is 4.82. The first-order valence-electron chi connectivity index (χ1n) is 4.82. The third kappa shape index (κ3) is 1.77. The summed E-state index contributed by atoms with van der Waals surface area (Å²) in [5.41, 5.74) is 3.92. The van der Waals surface area contributed by atoms with Crippen molar-refractivity contribution in [1.82, 2.24) is 5.48 Å². The predicted molar refractivity (Wildman–Crippen MR) is 55.8 cm³/mol. The molecule has 2 rings (SSSR count). The maximum Gasteiger partial charge on any atom is 0.179 e. The van der Waals surface area contributed by atoms with Gasteiger partial charge in [0.2, 0.25) is 0 Å². The Bertz CT molecular complexity index is 332. The van der Waals surface area contributed by atoms with Crippen LogP contribution in [0.25, 0.3) is 0 Å². The van der Waals surface area contributed by atoms with Crippen LogP contribution in [-0.2, 0) is 4.84 Å². The third-order valence-electron chi connectivity index (χ3n) is 2.15. The van der Waals surface area contributed by atoms with Gasteiger partial charge < -0.3 is 0 Å². The lowest BCUT2D eigenvalue weighted by atomic mass is 10.2. The Morgan fingerprint density at radius 1 is 1.29 bits per heavy atom. The van der Waals surface area contributed by atoms with Gasteiger partial charge >= 0.3 is 0 Å². The van der Waals surface area contributed by atoms with Crippen LogP contribution in [0.15, 0.2) is 35.3 Å². The predicted octanol–water partition coefficient (Wildman–Crippen LogP) is 1.95. The number of benzene rings is 1. The molecule has 0 saturated carbocycles. The van der Waals surface area contributed by atoms with Crippen molar-refractivity contribution in [2.24, 2.45) is 10.9 Å². The Kier molecular flexibility index (Phi) is 2.50. The average Bonchev–Trinajstić information content (AvgIpc) is 2.68. The smallest absolute Gasteiger partial charge is 0.179 e. The molecule has 1 atom stereocenters. The molecule has 0 radical (unpaired) electrons. The van der Waals surface area contributed by atoms with Gasteiger partial charge in [0.1, 0.15) is 0 Å². The monoisotopic (exact) mass is 190 g/mol. The van der Waals surface area contributed by atoms with Crippen LogP contribution in [-0.4, -0.2) is 12.1 Å². The van der Waals surface area contributed by atoms with Gasteiger partial charge in [-0.2, -0.15) is 0 Å². The van der Waals surface area contributed by atoms with Crippen LogP contribution in [0, 0.1) is 5.92 Å². The lowest BCUT2D eigenvalue weighted by Gasteiger charge is -2.07. The van der Waals surface area contributed by atoms with Gasteiger partial charge in [0, 0.05) is 11.5 Å². The van der Waals surface area contributed by atoms with Crippen molar-refractivity contribution in [3.8, 4) is 0 Å². The molecule has 0 aromatic heterocycles. The topological polar surface area (TPSA) is 33.6 Å². The maximum absolute atomic E-state index is 5.33. The van der Waals surface area contributed by atoms with Crippen LogP contribution in [0.4, 0.5) is 0 Å². The summed E-state index contributed by atoms with van der Waals surface area (Å²) in [6.07, 6.45) is -0.0646. The molecular formula is C11H14N2O. The van der Waals surface area contributed by atoms with E-state index in [1.807, 2.05) is 30.3 Å². The molecule has 3 nitrogen and oxygen atoms in total. The van der Waals surface area contributed by atoms with Gasteiger partial charge in [0.25, 0.3) is 0 Å². The van der Waals surface area contributed by atoms with E-state index in [9.17, 15) is 0 Å². The van der Waals surface area contributed by atoms with Crippen LogP contribution in [0.5, 0.6) is 0 Å². The molecule has 0 amide bonds. The minimum Gasteiger partial charge on any atom is -0.248 e. The SMILES string of the molecule is CC(C)[C@H]1N=C(c2ccccc2)NO1. The molecule has 3 heteroatoms. The lowest BCUT2D eigenvalue weighted by Crippen LogP contribution is -2.21. The van der Waals surface area contributed by atoms with E-state index in [1.165, 1.54) is 0 Å². The van der Waals surface area contributed by atoms with Crippen LogP contribution < -0.4 is 5.48 Å². The second-order valence-corrected chi connectivity index (χ2v) is 3.70. The quantitative estimate of drug-likeness (QED) is 0.773. The molecule has 14 heavy (non-hydrogen) atoms. The largest absolute Gasteiger partial charge is 0.248 e. The summed E-state index contributed by atoms with van der Waals surface area (Å²) in [5, 5.41) is 0. The Morgan fingerprint density at radius 3 is 2.57 bits per heavy atom. The molecule has 1 N–H and O–H groups in total. The van der Waals surface area contributed by atoms with Gasteiger partial charge in [-0.3, -0.25) is 0 Å². The highest BCUT2D eigenvalue weighted by atomic mass is 16.7. The molecule has 0 aliphatic carbocycles. The number of nitrogens with one attached hydrogen (secondary N) is 1. The number of hydrogen-bond acceptors (Lipinski definition) is 3. The highest BCUT2D eigenvalue weighted by Crippen LogP contribution is 2.14. The molecule has 1 aliphatic rings. The minimum atomic E-state index is -0.0646. The Labute approximate surface area is 83.8 Å². The van der Waals surface area contributed by atoms with Crippen LogP contribution in [0.2, 0.25) is 0 Å². The number of rotatable bonds is 2. The second kappa shape index (κ2) is 3.80.